The van der Waals surface area contributed by atoms with Gasteiger partial charge in [-0.1, -0.05) is 6.92 Å². The fourth-order valence-electron chi connectivity index (χ4n) is 1.32. The molecule has 18 heavy (non-hydrogen) atoms. The Kier molecular flexibility index (Phi) is 4.95. The molecule has 0 spiro atoms. The van der Waals surface area contributed by atoms with E-state index >= 15 is 0 Å². The maximum atomic E-state index is 12.5. The highest BCUT2D eigenvalue weighted by Crippen LogP contribution is 2.27. The summed E-state index contributed by atoms with van der Waals surface area (Å²) in [7, 11) is 0. The molecule has 6 heteroatoms. The minimum atomic E-state index is -4.37. The van der Waals surface area contributed by atoms with Gasteiger partial charge in [0.15, 0.2) is 6.10 Å². The van der Waals surface area contributed by atoms with Crippen LogP contribution in [0.2, 0.25) is 0 Å². The van der Waals surface area contributed by atoms with Gasteiger partial charge in [-0.05, 0) is 20.4 Å². The first-order valence-corrected chi connectivity index (χ1v) is 5.74. The molecule has 1 aromatic heterocycles. The Balaban J connectivity index is 2.88. The van der Waals surface area contributed by atoms with Crippen molar-refractivity contribution in [1.82, 2.24) is 10.3 Å². The summed E-state index contributed by atoms with van der Waals surface area (Å²) in [6, 6.07) is 1.52. The lowest BCUT2D eigenvalue weighted by atomic mass is 10.2. The number of aromatic nitrogens is 1. The summed E-state index contributed by atoms with van der Waals surface area (Å²) in [5, 5.41) is 3.04. The lowest BCUT2D eigenvalue weighted by Crippen LogP contribution is -2.31. The summed E-state index contributed by atoms with van der Waals surface area (Å²) >= 11 is 0. The molecule has 0 aliphatic heterocycles. The quantitative estimate of drug-likeness (QED) is 0.886. The first-order valence-electron chi connectivity index (χ1n) is 5.74. The van der Waals surface area contributed by atoms with E-state index in [0.717, 1.165) is 13.5 Å². The van der Waals surface area contributed by atoms with Crippen molar-refractivity contribution in [2.24, 2.45) is 0 Å². The molecule has 3 nitrogen and oxygen atoms in total. The van der Waals surface area contributed by atoms with Crippen molar-refractivity contribution < 1.29 is 17.9 Å². The number of rotatable bonds is 5. The Morgan fingerprint density at radius 2 is 2.11 bits per heavy atom. The predicted octanol–water partition coefficient (Wildman–Crippen LogP) is 2.83. The van der Waals surface area contributed by atoms with Crippen LogP contribution in [0.25, 0.3) is 0 Å². The summed E-state index contributed by atoms with van der Waals surface area (Å²) in [6.45, 7) is 5.78. The van der Waals surface area contributed by atoms with Gasteiger partial charge in [-0.2, -0.15) is 13.2 Å². The van der Waals surface area contributed by atoms with Gasteiger partial charge in [0.05, 0.1) is 0 Å². The van der Waals surface area contributed by atoms with Crippen LogP contribution in [0.1, 0.15) is 25.1 Å². The number of alkyl halides is 3. The van der Waals surface area contributed by atoms with Crippen LogP contribution < -0.4 is 10.1 Å². The Labute approximate surface area is 104 Å². The van der Waals surface area contributed by atoms with E-state index < -0.39 is 12.3 Å². The van der Waals surface area contributed by atoms with Crippen molar-refractivity contribution in [2.75, 3.05) is 6.54 Å². The van der Waals surface area contributed by atoms with Gasteiger partial charge in [-0.25, -0.2) is 0 Å². The smallest absolute Gasteiger partial charge is 0.425 e. The Morgan fingerprint density at radius 1 is 1.44 bits per heavy atom. The van der Waals surface area contributed by atoms with Crippen LogP contribution in [0.4, 0.5) is 13.2 Å². The molecule has 0 aliphatic carbocycles. The molecule has 1 N–H and O–H groups in total. The van der Waals surface area contributed by atoms with Crippen molar-refractivity contribution in [3.63, 3.8) is 0 Å². The lowest BCUT2D eigenvalue weighted by Gasteiger charge is -2.20. The maximum absolute atomic E-state index is 12.5. The highest BCUT2D eigenvalue weighted by atomic mass is 19.4. The van der Waals surface area contributed by atoms with E-state index in [4.69, 9.17) is 4.74 Å². The van der Waals surface area contributed by atoms with Crippen molar-refractivity contribution >= 4 is 0 Å². The number of ether oxygens (including phenoxy) is 1. The molecule has 1 rings (SSSR count). The van der Waals surface area contributed by atoms with Gasteiger partial charge in [0.1, 0.15) is 5.75 Å². The molecule has 102 valence electrons. The van der Waals surface area contributed by atoms with Crippen molar-refractivity contribution in [3.8, 4) is 5.75 Å². The van der Waals surface area contributed by atoms with Gasteiger partial charge in [0.25, 0.3) is 0 Å². The number of hydrogen-bond acceptors (Lipinski definition) is 3. The highest BCUT2D eigenvalue weighted by Gasteiger charge is 2.38. The molecule has 0 aliphatic rings. The standard InChI is InChI=1S/C12H17F3N2O/c1-4-16-6-10-7-17-8(2)5-11(10)18-9(3)12(13,14)15/h5,7,9,16H,4,6H2,1-3H3. The summed E-state index contributed by atoms with van der Waals surface area (Å²) in [5.74, 6) is 0.230. The third-order valence-corrected chi connectivity index (χ3v) is 2.41. The second-order valence-electron chi connectivity index (χ2n) is 4.02. The molecule has 1 aromatic rings. The molecular formula is C12H17F3N2O. The monoisotopic (exact) mass is 262 g/mol. The van der Waals surface area contributed by atoms with Crippen LogP contribution in [0.5, 0.6) is 5.75 Å². The largest absolute Gasteiger partial charge is 0.481 e. The Morgan fingerprint density at radius 3 is 2.67 bits per heavy atom. The third-order valence-electron chi connectivity index (χ3n) is 2.41. The van der Waals surface area contributed by atoms with Crippen molar-refractivity contribution in [3.05, 3.63) is 23.5 Å². The van der Waals surface area contributed by atoms with E-state index in [1.165, 1.54) is 12.3 Å². The molecule has 0 fully saturated rings. The molecule has 0 radical (unpaired) electrons. The zero-order chi connectivity index (χ0) is 13.8. The van der Waals surface area contributed by atoms with Crippen molar-refractivity contribution in [1.29, 1.82) is 0 Å². The van der Waals surface area contributed by atoms with Gasteiger partial charge in [-0.3, -0.25) is 4.98 Å². The molecule has 0 aromatic carbocycles. The molecule has 0 amide bonds. The Bertz CT molecular complexity index is 393. The summed E-state index contributed by atoms with van der Waals surface area (Å²) in [6.07, 6.45) is -4.66. The van der Waals surface area contributed by atoms with Gasteiger partial charge in [-0.15, -0.1) is 0 Å². The second kappa shape index (κ2) is 6.04. The SMILES string of the molecule is CCNCc1cnc(C)cc1OC(C)C(F)(F)F. The molecular weight excluding hydrogens is 245 g/mol. The van der Waals surface area contributed by atoms with Gasteiger partial charge >= 0.3 is 6.18 Å². The van der Waals surface area contributed by atoms with E-state index in [0.29, 0.717) is 17.8 Å². The molecule has 1 atom stereocenters. The zero-order valence-electron chi connectivity index (χ0n) is 10.6. The summed E-state index contributed by atoms with van der Waals surface area (Å²) in [4.78, 5) is 4.06. The minimum absolute atomic E-state index is 0.230. The van der Waals surface area contributed by atoms with Crippen molar-refractivity contribution in [2.45, 2.75) is 39.6 Å². The predicted molar refractivity (Wildman–Crippen MR) is 62.5 cm³/mol. The fourth-order valence-corrected chi connectivity index (χ4v) is 1.32. The van der Waals surface area contributed by atoms with Crippen LogP contribution >= 0.6 is 0 Å². The fraction of sp³-hybridized carbons (Fsp3) is 0.583. The zero-order valence-corrected chi connectivity index (χ0v) is 10.6. The highest BCUT2D eigenvalue weighted by molar-refractivity contribution is 5.33. The average Bonchev–Trinajstić information content (AvgIpc) is 2.26. The van der Waals surface area contributed by atoms with Crippen LogP contribution in [-0.2, 0) is 6.54 Å². The number of nitrogens with zero attached hydrogens (tertiary/aromatic N) is 1. The molecule has 0 saturated heterocycles. The van der Waals surface area contributed by atoms with Crippen LogP contribution in [0.3, 0.4) is 0 Å². The second-order valence-corrected chi connectivity index (χ2v) is 4.02. The van der Waals surface area contributed by atoms with E-state index in [1.807, 2.05) is 6.92 Å². The topological polar surface area (TPSA) is 34.2 Å². The third kappa shape index (κ3) is 4.18. The molecule has 1 unspecified atom stereocenters. The normalized spacial score (nSPS) is 13.4. The van der Waals surface area contributed by atoms with E-state index in [-0.39, 0.29) is 5.75 Å². The number of aryl methyl sites for hydroxylation is 1. The molecule has 0 bridgehead atoms. The number of pyridine rings is 1. The van der Waals surface area contributed by atoms with Gasteiger partial charge in [0.2, 0.25) is 0 Å². The lowest BCUT2D eigenvalue weighted by molar-refractivity contribution is -0.189. The number of nitrogens with one attached hydrogen (secondary N) is 1. The van der Waals surface area contributed by atoms with Crippen LogP contribution in [0.15, 0.2) is 12.3 Å². The van der Waals surface area contributed by atoms with E-state index in [2.05, 4.69) is 10.3 Å². The maximum Gasteiger partial charge on any atom is 0.425 e. The minimum Gasteiger partial charge on any atom is -0.481 e. The summed E-state index contributed by atoms with van der Waals surface area (Å²) < 4.78 is 42.4. The van der Waals surface area contributed by atoms with Crippen LogP contribution in [0, 0.1) is 6.92 Å². The first-order chi connectivity index (χ1) is 8.34. The molecule has 1 heterocycles. The summed E-state index contributed by atoms with van der Waals surface area (Å²) in [5.41, 5.74) is 1.25. The molecule has 0 saturated carbocycles. The number of hydrogen-bond donors (Lipinski definition) is 1. The number of halogens is 3. The van der Waals surface area contributed by atoms with Gasteiger partial charge < -0.3 is 10.1 Å². The first kappa shape index (κ1) is 14.8. The van der Waals surface area contributed by atoms with Crippen LogP contribution in [-0.4, -0.2) is 23.8 Å². The van der Waals surface area contributed by atoms with E-state index in [9.17, 15) is 13.2 Å². The average molecular weight is 262 g/mol. The Hall–Kier alpha value is -1.30. The van der Waals surface area contributed by atoms with Gasteiger partial charge in [0, 0.05) is 30.1 Å². The van der Waals surface area contributed by atoms with E-state index in [1.54, 1.807) is 6.92 Å².